The second kappa shape index (κ2) is 8.41. The van der Waals surface area contributed by atoms with Gasteiger partial charge in [0.2, 0.25) is 0 Å². The highest BCUT2D eigenvalue weighted by molar-refractivity contribution is 6.29. The molecule has 0 amide bonds. The highest BCUT2D eigenvalue weighted by Gasteiger charge is 2.20. The molecular weight excluding hydrogens is 336 g/mol. The second-order valence-electron chi connectivity index (χ2n) is 6.43. The molecule has 132 valence electrons. The quantitative estimate of drug-likeness (QED) is 0.603. The Bertz CT molecular complexity index is 769. The van der Waals surface area contributed by atoms with Crippen molar-refractivity contribution in [2.45, 2.75) is 31.8 Å². The fourth-order valence-electron chi connectivity index (χ4n) is 3.26. The average molecular weight is 359 g/mol. The molecule has 1 fully saturated rings. The van der Waals surface area contributed by atoms with Gasteiger partial charge in [-0.2, -0.15) is 0 Å². The number of allylic oxidation sites excluding steroid dienone is 1. The molecule has 2 heterocycles. The molecule has 3 rings (SSSR count). The zero-order valence-corrected chi connectivity index (χ0v) is 15.1. The summed E-state index contributed by atoms with van der Waals surface area (Å²) in [4.78, 5) is 8.69. The van der Waals surface area contributed by atoms with Crippen molar-refractivity contribution in [1.29, 1.82) is 5.41 Å². The van der Waals surface area contributed by atoms with Crippen LogP contribution in [0, 0.1) is 11.3 Å². The Morgan fingerprint density at radius 3 is 2.84 bits per heavy atom. The lowest BCUT2D eigenvalue weighted by atomic mass is 9.87. The molecule has 2 aromatic heterocycles. The first-order chi connectivity index (χ1) is 12.2. The number of rotatable bonds is 6. The van der Waals surface area contributed by atoms with E-state index in [0.717, 1.165) is 41.6 Å². The summed E-state index contributed by atoms with van der Waals surface area (Å²) in [6.07, 6.45) is 10.0. The number of fused-ring (bicyclic) bond motifs is 1. The van der Waals surface area contributed by atoms with Gasteiger partial charge in [-0.05, 0) is 49.8 Å². The maximum Gasteiger partial charge on any atom is 0.129 e. The number of pyridine rings is 2. The first-order valence-electron chi connectivity index (χ1n) is 8.59. The van der Waals surface area contributed by atoms with E-state index in [4.69, 9.17) is 21.7 Å². The van der Waals surface area contributed by atoms with Crippen LogP contribution in [-0.4, -0.2) is 35.9 Å². The van der Waals surface area contributed by atoms with Crippen LogP contribution < -0.4 is 5.32 Å². The SMILES string of the molecule is CO[C@H]1CC[C@H](CN/C=C(\C=N)c2cnc3ccc(Cl)nc3c2)CC1. The topological polar surface area (TPSA) is 70.9 Å². The Hall–Kier alpha value is -1.98. The Balaban J connectivity index is 1.65. The van der Waals surface area contributed by atoms with Crippen molar-refractivity contribution in [2.75, 3.05) is 13.7 Å². The van der Waals surface area contributed by atoms with Crippen LogP contribution in [0.2, 0.25) is 5.15 Å². The van der Waals surface area contributed by atoms with Gasteiger partial charge in [0.15, 0.2) is 0 Å². The summed E-state index contributed by atoms with van der Waals surface area (Å²) < 4.78 is 5.42. The Morgan fingerprint density at radius 2 is 2.12 bits per heavy atom. The molecule has 2 aromatic rings. The standard InChI is InChI=1S/C19H23ClN4O/c1-25-16-4-2-13(3-5-16)10-22-11-15(9-21)14-8-18-17(23-12-14)6-7-19(20)24-18/h6-9,11-13,16,21-22H,2-5,10H2,1H3/b15-11+,21-9?/t13-,16-. The second-order valence-corrected chi connectivity index (χ2v) is 6.81. The molecule has 0 saturated heterocycles. The van der Waals surface area contributed by atoms with Crippen LogP contribution in [0.15, 0.2) is 30.6 Å². The van der Waals surface area contributed by atoms with Crippen LogP contribution in [0.1, 0.15) is 31.2 Å². The van der Waals surface area contributed by atoms with E-state index in [-0.39, 0.29) is 0 Å². The summed E-state index contributed by atoms with van der Waals surface area (Å²) in [5, 5.41) is 11.5. The van der Waals surface area contributed by atoms with Crippen molar-refractivity contribution >= 4 is 34.4 Å². The minimum atomic E-state index is 0.423. The van der Waals surface area contributed by atoms with E-state index in [9.17, 15) is 0 Å². The highest BCUT2D eigenvalue weighted by Crippen LogP contribution is 2.25. The molecule has 1 aliphatic rings. The van der Waals surface area contributed by atoms with Crippen molar-refractivity contribution in [3.05, 3.63) is 41.3 Å². The number of nitrogens with one attached hydrogen (secondary N) is 2. The van der Waals surface area contributed by atoms with Gasteiger partial charge in [-0.15, -0.1) is 0 Å². The van der Waals surface area contributed by atoms with Gasteiger partial charge < -0.3 is 15.5 Å². The Kier molecular flexibility index (Phi) is 6.00. The molecule has 2 N–H and O–H groups in total. The lowest BCUT2D eigenvalue weighted by Gasteiger charge is -2.27. The van der Waals surface area contributed by atoms with Crippen molar-refractivity contribution in [1.82, 2.24) is 15.3 Å². The van der Waals surface area contributed by atoms with E-state index in [1.807, 2.05) is 18.3 Å². The third-order valence-corrected chi connectivity index (χ3v) is 4.99. The van der Waals surface area contributed by atoms with Crippen molar-refractivity contribution in [2.24, 2.45) is 5.92 Å². The molecule has 0 radical (unpaired) electrons. The monoisotopic (exact) mass is 358 g/mol. The van der Waals surface area contributed by atoms with E-state index in [1.54, 1.807) is 19.4 Å². The summed E-state index contributed by atoms with van der Waals surface area (Å²) in [5.41, 5.74) is 3.16. The molecular formula is C19H23ClN4O. The fraction of sp³-hybridized carbons (Fsp3) is 0.421. The third-order valence-electron chi connectivity index (χ3n) is 4.78. The molecule has 0 spiro atoms. The first-order valence-corrected chi connectivity index (χ1v) is 8.97. The number of hydrogen-bond donors (Lipinski definition) is 2. The molecule has 0 aromatic carbocycles. The van der Waals surface area contributed by atoms with Gasteiger partial charge in [0.25, 0.3) is 0 Å². The van der Waals surface area contributed by atoms with E-state index >= 15 is 0 Å². The van der Waals surface area contributed by atoms with Gasteiger partial charge >= 0.3 is 0 Å². The van der Waals surface area contributed by atoms with Gasteiger partial charge in [0.05, 0.1) is 17.1 Å². The van der Waals surface area contributed by atoms with Gasteiger partial charge in [0.1, 0.15) is 5.15 Å². The van der Waals surface area contributed by atoms with Gasteiger partial charge in [-0.1, -0.05) is 11.6 Å². The zero-order valence-electron chi connectivity index (χ0n) is 14.3. The maximum atomic E-state index is 7.70. The summed E-state index contributed by atoms with van der Waals surface area (Å²) >= 11 is 5.96. The Morgan fingerprint density at radius 1 is 1.32 bits per heavy atom. The molecule has 5 nitrogen and oxygen atoms in total. The number of ether oxygens (including phenoxy) is 1. The summed E-state index contributed by atoms with van der Waals surface area (Å²) in [6, 6.07) is 5.48. The summed E-state index contributed by atoms with van der Waals surface area (Å²) in [5.74, 6) is 0.657. The minimum absolute atomic E-state index is 0.423. The third kappa shape index (κ3) is 4.55. The number of nitrogens with zero attached hydrogens (tertiary/aromatic N) is 2. The van der Waals surface area contributed by atoms with Gasteiger partial charge in [-0.25, -0.2) is 4.98 Å². The molecule has 0 unspecified atom stereocenters. The molecule has 0 bridgehead atoms. The van der Waals surface area contributed by atoms with E-state index in [0.29, 0.717) is 17.2 Å². The van der Waals surface area contributed by atoms with Crippen LogP contribution in [0.4, 0.5) is 0 Å². The Labute approximate surface area is 153 Å². The molecule has 6 heteroatoms. The predicted octanol–water partition coefficient (Wildman–Crippen LogP) is 4.07. The lowest BCUT2D eigenvalue weighted by molar-refractivity contribution is 0.0572. The van der Waals surface area contributed by atoms with Crippen molar-refractivity contribution < 1.29 is 4.74 Å². The summed E-state index contributed by atoms with van der Waals surface area (Å²) in [6.45, 7) is 0.916. The first kappa shape index (κ1) is 17.8. The molecule has 1 saturated carbocycles. The maximum absolute atomic E-state index is 7.70. The van der Waals surface area contributed by atoms with E-state index in [1.165, 1.54) is 19.1 Å². The van der Waals surface area contributed by atoms with Gasteiger partial charge in [-0.3, -0.25) is 4.98 Å². The molecule has 25 heavy (non-hydrogen) atoms. The minimum Gasteiger partial charge on any atom is -0.390 e. The molecule has 0 atom stereocenters. The number of aromatic nitrogens is 2. The van der Waals surface area contributed by atoms with Crippen LogP contribution in [0.5, 0.6) is 0 Å². The predicted molar refractivity (Wildman–Crippen MR) is 102 cm³/mol. The number of hydrogen-bond acceptors (Lipinski definition) is 5. The van der Waals surface area contributed by atoms with E-state index < -0.39 is 0 Å². The van der Waals surface area contributed by atoms with Crippen molar-refractivity contribution in [3.8, 4) is 0 Å². The van der Waals surface area contributed by atoms with Crippen LogP contribution in [-0.2, 0) is 4.74 Å². The highest BCUT2D eigenvalue weighted by atomic mass is 35.5. The van der Waals surface area contributed by atoms with Crippen LogP contribution in [0.25, 0.3) is 16.6 Å². The normalized spacial score (nSPS) is 21.3. The molecule has 0 aliphatic heterocycles. The van der Waals surface area contributed by atoms with Gasteiger partial charge in [0, 0.05) is 43.4 Å². The molecule has 1 aliphatic carbocycles. The van der Waals surface area contributed by atoms with E-state index in [2.05, 4.69) is 15.3 Å². The largest absolute Gasteiger partial charge is 0.390 e. The smallest absolute Gasteiger partial charge is 0.129 e. The van der Waals surface area contributed by atoms with Crippen LogP contribution in [0.3, 0.4) is 0 Å². The van der Waals surface area contributed by atoms with Crippen molar-refractivity contribution in [3.63, 3.8) is 0 Å². The fourth-order valence-corrected chi connectivity index (χ4v) is 3.41. The summed E-state index contributed by atoms with van der Waals surface area (Å²) in [7, 11) is 1.79. The lowest BCUT2D eigenvalue weighted by Crippen LogP contribution is -2.26. The number of halogens is 1. The zero-order chi connectivity index (χ0) is 17.6. The average Bonchev–Trinajstić information content (AvgIpc) is 2.65. The van der Waals surface area contributed by atoms with Crippen LogP contribution >= 0.6 is 11.6 Å². The number of methoxy groups -OCH3 is 1.